The van der Waals surface area contributed by atoms with Gasteiger partial charge in [-0.15, -0.1) is 0 Å². The maximum atomic E-state index is 13.0. The summed E-state index contributed by atoms with van der Waals surface area (Å²) in [5, 5.41) is 8.96. The number of aromatic carboxylic acids is 1. The Balaban J connectivity index is 1.58. The lowest BCUT2D eigenvalue weighted by Crippen LogP contribution is -2.35. The largest absolute Gasteiger partial charge is 0.478 e. The summed E-state index contributed by atoms with van der Waals surface area (Å²) in [7, 11) is 0. The second kappa shape index (κ2) is 8.10. The molecule has 136 valence electrons. The molecular formula is C20H21FN2O3. The highest BCUT2D eigenvalue weighted by atomic mass is 19.1. The van der Waals surface area contributed by atoms with Gasteiger partial charge >= 0.3 is 5.97 Å². The standard InChI is InChI=1S/C20H21FN2O3/c21-18-8-6-16(7-9-18)19(24)23-11-1-10-22(12-13-23)14-15-2-4-17(5-3-15)20(25)26/h2-9H,1,10-14H2,(H,25,26). The van der Waals surface area contributed by atoms with Crippen molar-refractivity contribution in [3.05, 3.63) is 71.0 Å². The van der Waals surface area contributed by atoms with E-state index in [2.05, 4.69) is 4.90 Å². The monoisotopic (exact) mass is 356 g/mol. The van der Waals surface area contributed by atoms with Gasteiger partial charge < -0.3 is 10.0 Å². The summed E-state index contributed by atoms with van der Waals surface area (Å²) in [5.74, 6) is -1.35. The molecule has 0 bridgehead atoms. The molecular weight excluding hydrogens is 335 g/mol. The molecule has 1 saturated heterocycles. The molecule has 26 heavy (non-hydrogen) atoms. The maximum Gasteiger partial charge on any atom is 0.335 e. The zero-order valence-corrected chi connectivity index (χ0v) is 14.4. The summed E-state index contributed by atoms with van der Waals surface area (Å²) < 4.78 is 13.0. The fourth-order valence-electron chi connectivity index (χ4n) is 3.12. The molecule has 0 aliphatic carbocycles. The van der Waals surface area contributed by atoms with Crippen molar-refractivity contribution in [2.45, 2.75) is 13.0 Å². The topological polar surface area (TPSA) is 60.9 Å². The Kier molecular flexibility index (Phi) is 5.63. The molecule has 1 aliphatic rings. The number of nitrogens with zero attached hydrogens (tertiary/aromatic N) is 2. The molecule has 3 rings (SSSR count). The van der Waals surface area contributed by atoms with Crippen molar-refractivity contribution < 1.29 is 19.1 Å². The second-order valence-electron chi connectivity index (χ2n) is 6.43. The van der Waals surface area contributed by atoms with Crippen molar-refractivity contribution in [3.8, 4) is 0 Å². The highest BCUT2D eigenvalue weighted by Gasteiger charge is 2.20. The molecule has 2 aromatic carbocycles. The number of benzene rings is 2. The average molecular weight is 356 g/mol. The van der Waals surface area contributed by atoms with Crippen LogP contribution in [0.2, 0.25) is 0 Å². The van der Waals surface area contributed by atoms with Crippen LogP contribution >= 0.6 is 0 Å². The van der Waals surface area contributed by atoms with E-state index in [1.165, 1.54) is 24.3 Å². The summed E-state index contributed by atoms with van der Waals surface area (Å²) in [4.78, 5) is 27.5. The Hall–Kier alpha value is -2.73. The van der Waals surface area contributed by atoms with Gasteiger partial charge in [0.05, 0.1) is 5.56 Å². The normalized spacial score (nSPS) is 15.5. The van der Waals surface area contributed by atoms with Gasteiger partial charge in [0.25, 0.3) is 5.91 Å². The lowest BCUT2D eigenvalue weighted by molar-refractivity contribution is 0.0695. The van der Waals surface area contributed by atoms with Crippen molar-refractivity contribution in [2.75, 3.05) is 26.2 Å². The van der Waals surface area contributed by atoms with Gasteiger partial charge in [-0.2, -0.15) is 0 Å². The van der Waals surface area contributed by atoms with Gasteiger partial charge in [0, 0.05) is 38.3 Å². The van der Waals surface area contributed by atoms with Gasteiger partial charge in [0.2, 0.25) is 0 Å². The predicted octanol–water partition coefficient (Wildman–Crippen LogP) is 2.87. The molecule has 1 N–H and O–H groups in total. The van der Waals surface area contributed by atoms with Crippen molar-refractivity contribution in [2.24, 2.45) is 0 Å². The number of rotatable bonds is 4. The summed E-state index contributed by atoms with van der Waals surface area (Å²) in [6.45, 7) is 3.62. The molecule has 0 atom stereocenters. The van der Waals surface area contributed by atoms with Crippen LogP contribution < -0.4 is 0 Å². The molecule has 0 saturated carbocycles. The van der Waals surface area contributed by atoms with Crippen LogP contribution in [0, 0.1) is 5.82 Å². The first-order chi connectivity index (χ1) is 12.5. The molecule has 1 heterocycles. The smallest absolute Gasteiger partial charge is 0.335 e. The van der Waals surface area contributed by atoms with Crippen LogP contribution in [0.4, 0.5) is 4.39 Å². The van der Waals surface area contributed by atoms with Gasteiger partial charge in [0.15, 0.2) is 0 Å². The minimum absolute atomic E-state index is 0.0716. The van der Waals surface area contributed by atoms with E-state index in [0.29, 0.717) is 18.7 Å². The van der Waals surface area contributed by atoms with Gasteiger partial charge in [-0.05, 0) is 48.4 Å². The number of carboxylic acids is 1. The van der Waals surface area contributed by atoms with Crippen LogP contribution in [-0.4, -0.2) is 53.0 Å². The minimum atomic E-state index is -0.929. The Morgan fingerprint density at radius 2 is 1.54 bits per heavy atom. The third kappa shape index (κ3) is 4.46. The van der Waals surface area contributed by atoms with E-state index in [1.807, 2.05) is 12.1 Å². The molecule has 0 aromatic heterocycles. The Bertz CT molecular complexity index is 775. The highest BCUT2D eigenvalue weighted by molar-refractivity contribution is 5.94. The number of amides is 1. The molecule has 1 amide bonds. The number of hydrogen-bond acceptors (Lipinski definition) is 3. The average Bonchev–Trinajstić information content (AvgIpc) is 2.88. The predicted molar refractivity (Wildman–Crippen MR) is 95.6 cm³/mol. The molecule has 1 aliphatic heterocycles. The molecule has 1 fully saturated rings. The van der Waals surface area contributed by atoms with E-state index >= 15 is 0 Å². The molecule has 5 nitrogen and oxygen atoms in total. The number of carbonyl (C=O) groups excluding carboxylic acids is 1. The first-order valence-electron chi connectivity index (χ1n) is 8.62. The molecule has 0 spiro atoms. The SMILES string of the molecule is O=C(O)c1ccc(CN2CCCN(C(=O)c3ccc(F)cc3)CC2)cc1. The molecule has 0 unspecified atom stereocenters. The van der Waals surface area contributed by atoms with Gasteiger partial charge in [0.1, 0.15) is 5.82 Å². The van der Waals surface area contributed by atoms with Crippen molar-refractivity contribution in [1.29, 1.82) is 0 Å². The Morgan fingerprint density at radius 3 is 2.19 bits per heavy atom. The summed E-state index contributed by atoms with van der Waals surface area (Å²) >= 11 is 0. The zero-order chi connectivity index (χ0) is 18.5. The second-order valence-corrected chi connectivity index (χ2v) is 6.43. The summed E-state index contributed by atoms with van der Waals surface area (Å²) in [5.41, 5.74) is 1.83. The van der Waals surface area contributed by atoms with Crippen LogP contribution in [0.5, 0.6) is 0 Å². The Morgan fingerprint density at radius 1 is 0.885 bits per heavy atom. The summed E-state index contributed by atoms with van der Waals surface area (Å²) in [6, 6.07) is 12.5. The van der Waals surface area contributed by atoms with Crippen molar-refractivity contribution >= 4 is 11.9 Å². The molecule has 0 radical (unpaired) electrons. The van der Waals surface area contributed by atoms with Gasteiger partial charge in [-0.25, -0.2) is 9.18 Å². The fraction of sp³-hybridized carbons (Fsp3) is 0.300. The zero-order valence-electron chi connectivity index (χ0n) is 14.4. The lowest BCUT2D eigenvalue weighted by Gasteiger charge is -2.22. The van der Waals surface area contributed by atoms with Crippen LogP contribution in [0.15, 0.2) is 48.5 Å². The van der Waals surface area contributed by atoms with Crippen LogP contribution in [0.25, 0.3) is 0 Å². The maximum absolute atomic E-state index is 13.0. The molecule has 6 heteroatoms. The van der Waals surface area contributed by atoms with E-state index in [4.69, 9.17) is 5.11 Å². The van der Waals surface area contributed by atoms with Crippen molar-refractivity contribution in [3.63, 3.8) is 0 Å². The number of carbonyl (C=O) groups is 2. The quantitative estimate of drug-likeness (QED) is 0.915. The number of carboxylic acid groups (broad SMARTS) is 1. The van der Waals surface area contributed by atoms with E-state index in [1.54, 1.807) is 17.0 Å². The van der Waals surface area contributed by atoms with Crippen LogP contribution in [-0.2, 0) is 6.54 Å². The van der Waals surface area contributed by atoms with Gasteiger partial charge in [-0.3, -0.25) is 9.69 Å². The first-order valence-corrected chi connectivity index (χ1v) is 8.62. The third-order valence-corrected chi connectivity index (χ3v) is 4.57. The van der Waals surface area contributed by atoms with Crippen LogP contribution in [0.3, 0.4) is 0 Å². The lowest BCUT2D eigenvalue weighted by atomic mass is 10.1. The van der Waals surface area contributed by atoms with Crippen molar-refractivity contribution in [1.82, 2.24) is 9.80 Å². The van der Waals surface area contributed by atoms with E-state index < -0.39 is 5.97 Å². The highest BCUT2D eigenvalue weighted by Crippen LogP contribution is 2.13. The Labute approximate surface area is 151 Å². The fourth-order valence-corrected chi connectivity index (χ4v) is 3.12. The van der Waals surface area contributed by atoms with E-state index in [9.17, 15) is 14.0 Å². The number of halogens is 1. The summed E-state index contributed by atoms with van der Waals surface area (Å²) in [6.07, 6.45) is 0.861. The van der Waals surface area contributed by atoms with Crippen LogP contribution in [0.1, 0.15) is 32.7 Å². The molecule has 2 aromatic rings. The first kappa shape index (κ1) is 18.1. The van der Waals surface area contributed by atoms with E-state index in [-0.39, 0.29) is 17.3 Å². The third-order valence-electron chi connectivity index (χ3n) is 4.57. The van der Waals surface area contributed by atoms with E-state index in [0.717, 1.165) is 31.6 Å². The number of hydrogen-bond donors (Lipinski definition) is 1. The van der Waals surface area contributed by atoms with Gasteiger partial charge in [-0.1, -0.05) is 12.1 Å². The minimum Gasteiger partial charge on any atom is -0.478 e.